The summed E-state index contributed by atoms with van der Waals surface area (Å²) in [7, 11) is 0. The Morgan fingerprint density at radius 3 is 2.42 bits per heavy atom. The quantitative estimate of drug-likeness (QED) is 0.791. The van der Waals surface area contributed by atoms with Crippen LogP contribution in [0.4, 0.5) is 13.2 Å². The third-order valence-electron chi connectivity index (χ3n) is 3.30. The zero-order valence-corrected chi connectivity index (χ0v) is 10.00. The van der Waals surface area contributed by atoms with Crippen molar-refractivity contribution >= 4 is 0 Å². The predicted octanol–water partition coefficient (Wildman–Crippen LogP) is 4.17. The van der Waals surface area contributed by atoms with Crippen LogP contribution in [0.1, 0.15) is 23.7 Å². The van der Waals surface area contributed by atoms with Gasteiger partial charge in [-0.05, 0) is 24.0 Å². The second-order valence-electron chi connectivity index (χ2n) is 4.54. The molecular weight excluding hydrogens is 253 g/mol. The van der Waals surface area contributed by atoms with Crippen molar-refractivity contribution < 1.29 is 17.9 Å². The van der Waals surface area contributed by atoms with Gasteiger partial charge < -0.3 is 4.74 Å². The normalized spacial score (nSPS) is 17.3. The summed E-state index contributed by atoms with van der Waals surface area (Å²) in [6.07, 6.45) is 1.09. The molecule has 0 aliphatic heterocycles. The second-order valence-corrected chi connectivity index (χ2v) is 4.54. The highest BCUT2D eigenvalue weighted by atomic mass is 19.1. The third kappa shape index (κ3) is 2.18. The Bertz CT molecular complexity index is 602. The van der Waals surface area contributed by atoms with E-state index in [1.54, 1.807) is 0 Å². The van der Waals surface area contributed by atoms with Gasteiger partial charge in [-0.3, -0.25) is 0 Å². The van der Waals surface area contributed by atoms with Gasteiger partial charge in [-0.15, -0.1) is 0 Å². The molecule has 0 saturated heterocycles. The lowest BCUT2D eigenvalue weighted by Gasteiger charge is -2.16. The lowest BCUT2D eigenvalue weighted by molar-refractivity contribution is 0.187. The van der Waals surface area contributed by atoms with Crippen LogP contribution in [0.15, 0.2) is 36.4 Å². The smallest absolute Gasteiger partial charge is 0.191 e. The molecule has 1 nitrogen and oxygen atoms in total. The van der Waals surface area contributed by atoms with Crippen molar-refractivity contribution in [3.8, 4) is 5.75 Å². The molecular formula is C15H11F3O. The first-order chi connectivity index (χ1) is 9.15. The molecule has 0 saturated carbocycles. The van der Waals surface area contributed by atoms with Crippen LogP contribution in [-0.2, 0) is 6.42 Å². The zero-order chi connectivity index (χ0) is 13.4. The van der Waals surface area contributed by atoms with Crippen LogP contribution in [0.5, 0.6) is 5.75 Å². The van der Waals surface area contributed by atoms with Crippen molar-refractivity contribution in [3.63, 3.8) is 0 Å². The number of aryl methyl sites for hydroxylation is 1. The summed E-state index contributed by atoms with van der Waals surface area (Å²) in [5.41, 5.74) is 2.06. The fraction of sp³-hybridized carbons (Fsp3) is 0.200. The minimum Gasteiger partial charge on any atom is -0.480 e. The Kier molecular flexibility index (Phi) is 2.93. The molecule has 0 N–H and O–H groups in total. The highest BCUT2D eigenvalue weighted by Gasteiger charge is 2.26. The van der Waals surface area contributed by atoms with Gasteiger partial charge in [0, 0.05) is 12.1 Å². The van der Waals surface area contributed by atoms with Gasteiger partial charge in [-0.2, -0.15) is 0 Å². The van der Waals surface area contributed by atoms with Crippen molar-refractivity contribution in [3.05, 3.63) is 65.0 Å². The molecule has 2 aromatic rings. The number of rotatable bonds is 2. The fourth-order valence-corrected chi connectivity index (χ4v) is 2.42. The van der Waals surface area contributed by atoms with Crippen LogP contribution in [0.25, 0.3) is 0 Å². The zero-order valence-electron chi connectivity index (χ0n) is 10.00. The maximum atomic E-state index is 13.5. The van der Waals surface area contributed by atoms with Crippen LogP contribution in [-0.4, -0.2) is 0 Å². The molecule has 98 valence electrons. The Hall–Kier alpha value is -1.97. The molecule has 0 unspecified atom stereocenters. The van der Waals surface area contributed by atoms with Crippen molar-refractivity contribution in [2.24, 2.45) is 0 Å². The maximum Gasteiger partial charge on any atom is 0.191 e. The molecule has 1 atom stereocenters. The van der Waals surface area contributed by atoms with Crippen LogP contribution in [0.3, 0.4) is 0 Å². The summed E-state index contributed by atoms with van der Waals surface area (Å²) in [6, 6.07) is 8.87. The van der Waals surface area contributed by atoms with Gasteiger partial charge in [0.25, 0.3) is 0 Å². The van der Waals surface area contributed by atoms with E-state index in [1.165, 1.54) is 0 Å². The van der Waals surface area contributed by atoms with Crippen molar-refractivity contribution in [1.29, 1.82) is 0 Å². The number of benzene rings is 2. The molecule has 0 amide bonds. The molecule has 3 rings (SSSR count). The summed E-state index contributed by atoms with van der Waals surface area (Å²) >= 11 is 0. The molecule has 19 heavy (non-hydrogen) atoms. The monoisotopic (exact) mass is 264 g/mol. The highest BCUT2D eigenvalue weighted by molar-refractivity contribution is 5.35. The van der Waals surface area contributed by atoms with Crippen molar-refractivity contribution in [1.82, 2.24) is 0 Å². The van der Waals surface area contributed by atoms with E-state index in [9.17, 15) is 13.2 Å². The van der Waals surface area contributed by atoms with E-state index in [1.807, 2.05) is 24.3 Å². The highest BCUT2D eigenvalue weighted by Crippen LogP contribution is 2.36. The minimum atomic E-state index is -1.01. The SMILES string of the molecule is Fc1cc(F)c(O[C@H]2CCc3ccccc32)c(F)c1. The van der Waals surface area contributed by atoms with Gasteiger partial charge in [0.1, 0.15) is 11.9 Å². The number of ether oxygens (including phenoxy) is 1. The van der Waals surface area contributed by atoms with Gasteiger partial charge in [-0.25, -0.2) is 13.2 Å². The number of fused-ring (bicyclic) bond motifs is 1. The van der Waals surface area contributed by atoms with E-state index in [0.717, 1.165) is 17.5 Å². The van der Waals surface area contributed by atoms with E-state index in [4.69, 9.17) is 4.74 Å². The topological polar surface area (TPSA) is 9.23 Å². The Morgan fingerprint density at radius 2 is 1.68 bits per heavy atom. The molecule has 2 aromatic carbocycles. The average molecular weight is 264 g/mol. The first-order valence-corrected chi connectivity index (χ1v) is 6.04. The standard InChI is InChI=1S/C15H11F3O/c16-10-7-12(17)15(13(18)8-10)19-14-6-5-9-3-1-2-4-11(9)14/h1-4,7-8,14H,5-6H2/t14-/m0/s1. The maximum absolute atomic E-state index is 13.5. The van der Waals surface area contributed by atoms with Crippen molar-refractivity contribution in [2.75, 3.05) is 0 Å². The predicted molar refractivity (Wildman–Crippen MR) is 64.4 cm³/mol. The van der Waals surface area contributed by atoms with Crippen LogP contribution in [0, 0.1) is 17.5 Å². The minimum absolute atomic E-state index is 0.384. The number of hydrogen-bond acceptors (Lipinski definition) is 1. The van der Waals surface area contributed by atoms with Crippen LogP contribution < -0.4 is 4.74 Å². The Labute approximate surface area is 108 Å². The lowest BCUT2D eigenvalue weighted by atomic mass is 10.1. The molecule has 0 spiro atoms. The molecule has 0 bridgehead atoms. The lowest BCUT2D eigenvalue weighted by Crippen LogP contribution is -2.06. The molecule has 0 radical (unpaired) electrons. The number of hydrogen-bond donors (Lipinski definition) is 0. The molecule has 1 aliphatic carbocycles. The molecule has 1 aliphatic rings. The van der Waals surface area contributed by atoms with E-state index in [-0.39, 0.29) is 6.10 Å². The Balaban J connectivity index is 1.92. The van der Waals surface area contributed by atoms with E-state index in [2.05, 4.69) is 0 Å². The summed E-state index contributed by atoms with van der Waals surface area (Å²) in [4.78, 5) is 0. The molecule has 0 heterocycles. The molecule has 0 fully saturated rings. The van der Waals surface area contributed by atoms with Gasteiger partial charge in [0.05, 0.1) is 0 Å². The molecule has 4 heteroatoms. The van der Waals surface area contributed by atoms with Gasteiger partial charge in [0.2, 0.25) is 0 Å². The molecule has 0 aromatic heterocycles. The van der Waals surface area contributed by atoms with Gasteiger partial charge in [-0.1, -0.05) is 24.3 Å². The summed E-state index contributed by atoms with van der Waals surface area (Å²) in [6.45, 7) is 0. The van der Waals surface area contributed by atoms with Crippen LogP contribution in [0.2, 0.25) is 0 Å². The van der Waals surface area contributed by atoms with E-state index in [0.29, 0.717) is 18.6 Å². The van der Waals surface area contributed by atoms with E-state index < -0.39 is 23.2 Å². The van der Waals surface area contributed by atoms with E-state index >= 15 is 0 Å². The Morgan fingerprint density at radius 1 is 1.00 bits per heavy atom. The van der Waals surface area contributed by atoms with Gasteiger partial charge >= 0.3 is 0 Å². The summed E-state index contributed by atoms with van der Waals surface area (Å²) < 4.78 is 45.3. The first-order valence-electron chi connectivity index (χ1n) is 6.04. The average Bonchev–Trinajstić information content (AvgIpc) is 2.77. The summed E-state index contributed by atoms with van der Waals surface area (Å²) in [5, 5.41) is 0. The summed E-state index contributed by atoms with van der Waals surface area (Å²) in [5.74, 6) is -3.49. The van der Waals surface area contributed by atoms with Gasteiger partial charge in [0.15, 0.2) is 17.4 Å². The van der Waals surface area contributed by atoms with Crippen molar-refractivity contribution in [2.45, 2.75) is 18.9 Å². The third-order valence-corrected chi connectivity index (χ3v) is 3.30. The first kappa shape index (κ1) is 12.1. The fourth-order valence-electron chi connectivity index (χ4n) is 2.42. The largest absolute Gasteiger partial charge is 0.480 e. The number of halogens is 3. The second kappa shape index (κ2) is 4.61. The van der Waals surface area contributed by atoms with Crippen LogP contribution >= 0.6 is 0 Å².